The molecular formula is C11H7I2N5O2. The van der Waals surface area contributed by atoms with E-state index < -0.39 is 5.56 Å². The summed E-state index contributed by atoms with van der Waals surface area (Å²) in [6.45, 7) is 0. The maximum Gasteiger partial charge on any atom is 0.278 e. The second-order valence-electron chi connectivity index (χ2n) is 4.02. The van der Waals surface area contributed by atoms with E-state index in [1.165, 1.54) is 0 Å². The summed E-state index contributed by atoms with van der Waals surface area (Å²) >= 11 is 4.18. The van der Waals surface area contributed by atoms with E-state index in [-0.39, 0.29) is 22.9 Å². The van der Waals surface area contributed by atoms with E-state index in [2.05, 4.69) is 42.5 Å². The number of nitrogens with one attached hydrogen (secondary N) is 2. The Morgan fingerprint density at radius 1 is 1.20 bits per heavy atom. The number of benzene rings is 1. The number of rotatable bonds is 1. The standard InChI is InChI=1S/C11H7I2N5O2/c12-3-1-4(7(19)5(13)2-3)8-15-6-9(16-8)17-11(14)18-10(6)20/h1-2,19H,(H4,14,15,16,17,18,20). The van der Waals surface area contributed by atoms with Crippen molar-refractivity contribution in [2.24, 2.45) is 0 Å². The van der Waals surface area contributed by atoms with Gasteiger partial charge in [0, 0.05) is 3.57 Å². The number of aromatic nitrogens is 4. The van der Waals surface area contributed by atoms with Crippen molar-refractivity contribution in [2.45, 2.75) is 0 Å². The smallest absolute Gasteiger partial charge is 0.278 e. The van der Waals surface area contributed by atoms with Crippen LogP contribution in [-0.2, 0) is 0 Å². The molecule has 5 N–H and O–H groups in total. The zero-order chi connectivity index (χ0) is 14.4. The molecule has 3 rings (SSSR count). The molecule has 0 radical (unpaired) electrons. The molecule has 0 saturated heterocycles. The predicted molar refractivity (Wildman–Crippen MR) is 91.5 cm³/mol. The number of hydrogen-bond donors (Lipinski definition) is 4. The Bertz CT molecular complexity index is 886. The number of nitrogens with two attached hydrogens (primary N) is 1. The molecule has 0 saturated carbocycles. The molecule has 0 amide bonds. The van der Waals surface area contributed by atoms with Gasteiger partial charge in [-0.3, -0.25) is 9.78 Å². The maximum absolute atomic E-state index is 11.8. The fourth-order valence-corrected chi connectivity index (χ4v) is 3.64. The number of phenols is 1. The monoisotopic (exact) mass is 495 g/mol. The Kier molecular flexibility index (Phi) is 3.32. The van der Waals surface area contributed by atoms with Gasteiger partial charge in [0.05, 0.1) is 9.13 Å². The molecule has 2 heterocycles. The number of H-pyrrole nitrogens is 2. The van der Waals surface area contributed by atoms with Gasteiger partial charge in [-0.15, -0.1) is 0 Å². The number of nitrogens with zero attached hydrogens (tertiary/aromatic N) is 2. The number of fused-ring (bicyclic) bond motifs is 1. The fourth-order valence-electron chi connectivity index (χ4n) is 1.80. The van der Waals surface area contributed by atoms with E-state index in [4.69, 9.17) is 5.73 Å². The second kappa shape index (κ2) is 4.87. The highest BCUT2D eigenvalue weighted by atomic mass is 127. The van der Waals surface area contributed by atoms with E-state index in [0.29, 0.717) is 15.0 Å². The topological polar surface area (TPSA) is 121 Å². The van der Waals surface area contributed by atoms with Crippen molar-refractivity contribution in [2.75, 3.05) is 5.73 Å². The minimum Gasteiger partial charge on any atom is -0.506 e. The normalized spacial score (nSPS) is 11.1. The summed E-state index contributed by atoms with van der Waals surface area (Å²) in [5.41, 5.74) is 6.03. The van der Waals surface area contributed by atoms with Crippen LogP contribution < -0.4 is 11.3 Å². The Labute approximate surface area is 139 Å². The lowest BCUT2D eigenvalue weighted by Gasteiger charge is -2.04. The number of phenolic OH excluding ortho intramolecular Hbond substituents is 1. The lowest BCUT2D eigenvalue weighted by molar-refractivity contribution is 0.473. The van der Waals surface area contributed by atoms with Crippen molar-refractivity contribution in [1.29, 1.82) is 0 Å². The van der Waals surface area contributed by atoms with Crippen LogP contribution in [0.1, 0.15) is 0 Å². The number of aromatic hydroxyl groups is 1. The Balaban J connectivity index is 2.31. The van der Waals surface area contributed by atoms with Gasteiger partial charge < -0.3 is 15.8 Å². The molecule has 0 unspecified atom stereocenters. The van der Waals surface area contributed by atoms with Crippen LogP contribution in [0, 0.1) is 7.14 Å². The minimum atomic E-state index is -0.397. The molecule has 0 aliphatic heterocycles. The van der Waals surface area contributed by atoms with Gasteiger partial charge in [0.1, 0.15) is 11.6 Å². The van der Waals surface area contributed by atoms with Crippen LogP contribution in [0.15, 0.2) is 16.9 Å². The average Bonchev–Trinajstić information content (AvgIpc) is 2.77. The molecule has 7 nitrogen and oxygen atoms in total. The first-order valence-electron chi connectivity index (χ1n) is 5.39. The average molecular weight is 495 g/mol. The number of imidazole rings is 1. The third-order valence-corrected chi connectivity index (χ3v) is 4.11. The van der Waals surface area contributed by atoms with E-state index in [0.717, 1.165) is 3.57 Å². The molecule has 0 atom stereocenters. The summed E-state index contributed by atoms with van der Waals surface area (Å²) in [4.78, 5) is 25.2. The van der Waals surface area contributed by atoms with Crippen LogP contribution in [0.2, 0.25) is 0 Å². The Hall–Kier alpha value is -1.37. The summed E-state index contributed by atoms with van der Waals surface area (Å²) in [5.74, 6) is 0.481. The summed E-state index contributed by atoms with van der Waals surface area (Å²) < 4.78 is 1.65. The first-order chi connectivity index (χ1) is 9.45. The quantitative estimate of drug-likeness (QED) is 0.384. The molecule has 20 heavy (non-hydrogen) atoms. The first-order valence-corrected chi connectivity index (χ1v) is 7.55. The molecule has 0 fully saturated rings. The van der Waals surface area contributed by atoms with Crippen molar-refractivity contribution in [1.82, 2.24) is 19.9 Å². The summed E-state index contributed by atoms with van der Waals surface area (Å²) in [6.07, 6.45) is 0. The zero-order valence-corrected chi connectivity index (χ0v) is 14.1. The number of halogens is 2. The van der Waals surface area contributed by atoms with Crippen LogP contribution >= 0.6 is 45.2 Å². The molecular weight excluding hydrogens is 488 g/mol. The van der Waals surface area contributed by atoms with Gasteiger partial charge in [0.2, 0.25) is 5.95 Å². The van der Waals surface area contributed by atoms with Gasteiger partial charge >= 0.3 is 0 Å². The van der Waals surface area contributed by atoms with Crippen LogP contribution in [-0.4, -0.2) is 25.0 Å². The molecule has 0 aliphatic carbocycles. The molecule has 0 aliphatic rings. The van der Waals surface area contributed by atoms with Crippen LogP contribution in [0.25, 0.3) is 22.6 Å². The largest absolute Gasteiger partial charge is 0.506 e. The second-order valence-corrected chi connectivity index (χ2v) is 6.43. The number of aromatic amines is 2. The van der Waals surface area contributed by atoms with Gasteiger partial charge in [0.15, 0.2) is 11.2 Å². The van der Waals surface area contributed by atoms with E-state index >= 15 is 0 Å². The van der Waals surface area contributed by atoms with Crippen molar-refractivity contribution in [3.8, 4) is 17.1 Å². The van der Waals surface area contributed by atoms with Gasteiger partial charge in [-0.05, 0) is 57.3 Å². The molecule has 102 valence electrons. The van der Waals surface area contributed by atoms with Crippen molar-refractivity contribution >= 4 is 62.3 Å². The van der Waals surface area contributed by atoms with Crippen LogP contribution in [0.4, 0.5) is 5.95 Å². The molecule has 0 spiro atoms. The van der Waals surface area contributed by atoms with Gasteiger partial charge in [-0.25, -0.2) is 4.98 Å². The first kappa shape index (κ1) is 13.6. The Morgan fingerprint density at radius 2 is 1.95 bits per heavy atom. The SMILES string of the molecule is Nc1nc2nc(-c3cc(I)cc(I)c3O)[nH]c2c(=O)[nH]1. The Morgan fingerprint density at radius 3 is 2.70 bits per heavy atom. The van der Waals surface area contributed by atoms with Crippen molar-refractivity contribution in [3.05, 3.63) is 29.6 Å². The van der Waals surface area contributed by atoms with E-state index in [9.17, 15) is 9.90 Å². The van der Waals surface area contributed by atoms with Gasteiger partial charge in [-0.2, -0.15) is 4.98 Å². The number of hydrogen-bond acceptors (Lipinski definition) is 5. The maximum atomic E-state index is 11.8. The highest BCUT2D eigenvalue weighted by Gasteiger charge is 2.15. The van der Waals surface area contributed by atoms with Crippen LogP contribution in [0.5, 0.6) is 5.75 Å². The summed E-state index contributed by atoms with van der Waals surface area (Å²) in [7, 11) is 0. The van der Waals surface area contributed by atoms with Crippen molar-refractivity contribution in [3.63, 3.8) is 0 Å². The lowest BCUT2D eigenvalue weighted by Crippen LogP contribution is -2.10. The molecule has 1 aromatic carbocycles. The van der Waals surface area contributed by atoms with E-state index in [1.54, 1.807) is 6.07 Å². The highest BCUT2D eigenvalue weighted by molar-refractivity contribution is 14.1. The van der Waals surface area contributed by atoms with Crippen LogP contribution in [0.3, 0.4) is 0 Å². The fraction of sp³-hybridized carbons (Fsp3) is 0. The number of nitrogen functional groups attached to an aromatic ring is 1. The van der Waals surface area contributed by atoms with Gasteiger partial charge in [0.25, 0.3) is 5.56 Å². The molecule has 3 aromatic rings. The van der Waals surface area contributed by atoms with E-state index in [1.807, 2.05) is 28.7 Å². The minimum absolute atomic E-state index is 0.00185. The summed E-state index contributed by atoms with van der Waals surface area (Å²) in [6, 6.07) is 3.61. The van der Waals surface area contributed by atoms with Gasteiger partial charge in [-0.1, -0.05) is 0 Å². The lowest BCUT2D eigenvalue weighted by atomic mass is 10.2. The highest BCUT2D eigenvalue weighted by Crippen LogP contribution is 2.33. The molecule has 2 aromatic heterocycles. The summed E-state index contributed by atoms with van der Waals surface area (Å²) in [5, 5.41) is 10.1. The zero-order valence-electron chi connectivity index (χ0n) is 9.74. The third kappa shape index (κ3) is 2.24. The number of anilines is 1. The molecule has 0 bridgehead atoms. The molecule has 9 heteroatoms. The third-order valence-electron chi connectivity index (χ3n) is 2.66. The van der Waals surface area contributed by atoms with Crippen molar-refractivity contribution < 1.29 is 5.11 Å². The predicted octanol–water partition coefficient (Wildman–Crippen LogP) is 1.81.